The van der Waals surface area contributed by atoms with Crippen molar-refractivity contribution in [2.45, 2.75) is 90.3 Å². The highest BCUT2D eigenvalue weighted by atomic mass is 16.5. The SMILES string of the molecule is C1CCOCC1.CCC.COC.C[C@H]1CCC(c2ncc(-c3ccc(-c4ccc(-c5cnc(C6CCCN6C(=O)CNC(=O)O)[nH]5)cc4)cc3)[nH]2)N1C(=O)CNC(=O)O. The summed E-state index contributed by atoms with van der Waals surface area (Å²) < 4.78 is 9.32. The third kappa shape index (κ3) is 13.4. The maximum atomic E-state index is 12.7. The zero-order valence-electron chi connectivity index (χ0n) is 34.8. The van der Waals surface area contributed by atoms with Gasteiger partial charge in [-0.1, -0.05) is 68.8 Å². The summed E-state index contributed by atoms with van der Waals surface area (Å²) in [5.41, 5.74) is 5.62. The minimum Gasteiger partial charge on any atom is -0.465 e. The summed E-state index contributed by atoms with van der Waals surface area (Å²) in [6, 6.07) is 15.7. The van der Waals surface area contributed by atoms with Crippen LogP contribution in [0.4, 0.5) is 9.59 Å². The van der Waals surface area contributed by atoms with Crippen LogP contribution in [0, 0.1) is 0 Å². The Kier molecular flexibility index (Phi) is 18.4. The Morgan fingerprint density at radius 3 is 1.61 bits per heavy atom. The lowest BCUT2D eigenvalue weighted by Crippen LogP contribution is -2.42. The van der Waals surface area contributed by atoms with Gasteiger partial charge in [0.05, 0.1) is 35.9 Å². The molecular formula is C43H60N8O8. The Balaban J connectivity index is 0.000000560. The third-order valence-electron chi connectivity index (χ3n) is 9.94. The molecule has 0 bridgehead atoms. The molecule has 0 spiro atoms. The first-order valence-corrected chi connectivity index (χ1v) is 20.3. The molecule has 0 saturated carbocycles. The zero-order chi connectivity index (χ0) is 42.7. The van der Waals surface area contributed by atoms with Gasteiger partial charge in [-0.15, -0.1) is 0 Å². The van der Waals surface area contributed by atoms with E-state index in [-0.39, 0.29) is 43.0 Å². The number of carboxylic acid groups (broad SMARTS) is 2. The fourth-order valence-electron chi connectivity index (χ4n) is 7.19. The molecule has 3 aliphatic rings. The number of hydrogen-bond donors (Lipinski definition) is 6. The molecule has 59 heavy (non-hydrogen) atoms. The lowest BCUT2D eigenvalue weighted by atomic mass is 10.0. The molecule has 16 nitrogen and oxygen atoms in total. The Morgan fingerprint density at radius 1 is 0.712 bits per heavy atom. The number of benzene rings is 2. The molecule has 4 amide bonds. The summed E-state index contributed by atoms with van der Waals surface area (Å²) in [4.78, 5) is 66.2. The van der Waals surface area contributed by atoms with Crippen molar-refractivity contribution in [1.29, 1.82) is 0 Å². The number of hydrogen-bond acceptors (Lipinski definition) is 8. The topological polar surface area (TPSA) is 215 Å². The van der Waals surface area contributed by atoms with E-state index >= 15 is 0 Å². The molecular weight excluding hydrogens is 757 g/mol. The molecule has 3 fully saturated rings. The molecule has 5 heterocycles. The number of carbonyl (C=O) groups is 4. The lowest BCUT2D eigenvalue weighted by molar-refractivity contribution is -0.133. The first kappa shape index (κ1) is 46.0. The van der Waals surface area contributed by atoms with E-state index in [1.165, 1.54) is 25.7 Å². The molecule has 320 valence electrons. The van der Waals surface area contributed by atoms with Gasteiger partial charge in [-0.25, -0.2) is 19.6 Å². The summed E-state index contributed by atoms with van der Waals surface area (Å²) in [6.45, 7) is 8.23. The van der Waals surface area contributed by atoms with Gasteiger partial charge < -0.3 is 50.1 Å². The van der Waals surface area contributed by atoms with Crippen molar-refractivity contribution in [2.24, 2.45) is 0 Å². The number of ether oxygens (including phenoxy) is 2. The number of amides is 4. The van der Waals surface area contributed by atoms with Gasteiger partial charge in [0.15, 0.2) is 0 Å². The average molecular weight is 817 g/mol. The Morgan fingerprint density at radius 2 is 1.17 bits per heavy atom. The molecule has 3 saturated heterocycles. The number of methoxy groups -OCH3 is 1. The van der Waals surface area contributed by atoms with Crippen LogP contribution >= 0.6 is 0 Å². The Bertz CT molecular complexity index is 1900. The van der Waals surface area contributed by atoms with Gasteiger partial charge in [-0.05, 0) is 74.1 Å². The lowest BCUT2D eigenvalue weighted by Gasteiger charge is -2.27. The van der Waals surface area contributed by atoms with Gasteiger partial charge in [-0.3, -0.25) is 9.59 Å². The maximum absolute atomic E-state index is 12.7. The molecule has 3 aliphatic heterocycles. The fourth-order valence-corrected chi connectivity index (χ4v) is 7.19. The predicted octanol–water partition coefficient (Wildman–Crippen LogP) is 7.25. The molecule has 0 radical (unpaired) electrons. The summed E-state index contributed by atoms with van der Waals surface area (Å²) in [5.74, 6) is 0.811. The Labute approximate surface area is 346 Å². The van der Waals surface area contributed by atoms with E-state index in [0.717, 1.165) is 72.5 Å². The van der Waals surface area contributed by atoms with Crippen LogP contribution in [0.25, 0.3) is 33.6 Å². The molecule has 4 aromatic rings. The van der Waals surface area contributed by atoms with Crippen molar-refractivity contribution in [3.05, 3.63) is 72.6 Å². The largest absolute Gasteiger partial charge is 0.465 e. The molecule has 2 aromatic carbocycles. The fraction of sp³-hybridized carbons (Fsp3) is 0.488. The number of imidazole rings is 2. The van der Waals surface area contributed by atoms with E-state index in [1.54, 1.807) is 36.4 Å². The number of likely N-dealkylation sites (tertiary alicyclic amines) is 2. The van der Waals surface area contributed by atoms with Crippen LogP contribution in [0.1, 0.15) is 95.9 Å². The van der Waals surface area contributed by atoms with E-state index in [9.17, 15) is 19.2 Å². The number of carbonyl (C=O) groups excluding carboxylic acids is 2. The highest BCUT2D eigenvalue weighted by Crippen LogP contribution is 2.36. The predicted molar refractivity (Wildman–Crippen MR) is 225 cm³/mol. The van der Waals surface area contributed by atoms with Crippen LogP contribution in [0.3, 0.4) is 0 Å². The summed E-state index contributed by atoms with van der Waals surface area (Å²) in [7, 11) is 3.25. The monoisotopic (exact) mass is 816 g/mol. The molecule has 0 aliphatic carbocycles. The normalized spacial score (nSPS) is 18.3. The van der Waals surface area contributed by atoms with Crippen LogP contribution in [0.2, 0.25) is 0 Å². The van der Waals surface area contributed by atoms with Gasteiger partial charge in [0, 0.05) is 40.0 Å². The molecule has 6 N–H and O–H groups in total. The van der Waals surface area contributed by atoms with E-state index < -0.39 is 12.2 Å². The standard InChI is InChI=1S/C33H36N8O6.C5H10O.C3H8.C2H6O/c1-19-4-13-27(41(19)29(43)18-37-33(46)47)31-35-16-25(39-31)23-11-7-21(8-12-23)20-5-9-22(10-6-20)24-15-34-30(38-24)26-3-2-14-40(26)28(42)17-36-32(44)45;1-2-4-6-5-3-1;2*1-3-2/h5-12,15-16,19,26-27,36-37H,2-4,13-14,17-18H2,1H3,(H,34,38)(H,35,39)(H,44,45)(H,46,47);1-5H2;3H2,1-2H3;1-2H3/t19-,26?,27?;;;/m0.../s1. The highest BCUT2D eigenvalue weighted by Gasteiger charge is 2.37. The van der Waals surface area contributed by atoms with Crippen molar-refractivity contribution in [3.8, 4) is 33.6 Å². The van der Waals surface area contributed by atoms with Crippen molar-refractivity contribution >= 4 is 24.0 Å². The molecule has 2 unspecified atom stereocenters. The van der Waals surface area contributed by atoms with Crippen molar-refractivity contribution in [2.75, 3.05) is 47.1 Å². The number of aromatic nitrogens is 4. The summed E-state index contributed by atoms with van der Waals surface area (Å²) in [6.07, 6.45) is 9.36. The molecule has 3 atom stereocenters. The van der Waals surface area contributed by atoms with Gasteiger partial charge in [-0.2, -0.15) is 0 Å². The van der Waals surface area contributed by atoms with Crippen molar-refractivity contribution in [1.82, 2.24) is 40.4 Å². The van der Waals surface area contributed by atoms with Gasteiger partial charge >= 0.3 is 12.2 Å². The van der Waals surface area contributed by atoms with E-state index in [1.807, 2.05) is 55.5 Å². The van der Waals surface area contributed by atoms with Crippen molar-refractivity contribution in [3.63, 3.8) is 0 Å². The number of nitrogens with zero attached hydrogens (tertiary/aromatic N) is 4. The van der Waals surface area contributed by atoms with E-state index in [4.69, 9.17) is 14.9 Å². The van der Waals surface area contributed by atoms with Crippen LogP contribution in [0.15, 0.2) is 60.9 Å². The average Bonchev–Trinajstić information content (AvgIpc) is 4.08. The third-order valence-corrected chi connectivity index (χ3v) is 9.94. The first-order valence-electron chi connectivity index (χ1n) is 20.3. The zero-order valence-corrected chi connectivity index (χ0v) is 34.8. The second-order valence-corrected chi connectivity index (χ2v) is 14.6. The quantitative estimate of drug-likeness (QED) is 0.0995. The minimum atomic E-state index is -1.23. The number of rotatable bonds is 9. The van der Waals surface area contributed by atoms with Crippen LogP contribution < -0.4 is 10.6 Å². The van der Waals surface area contributed by atoms with Gasteiger partial charge in [0.25, 0.3) is 0 Å². The van der Waals surface area contributed by atoms with Crippen LogP contribution in [-0.2, 0) is 19.1 Å². The van der Waals surface area contributed by atoms with Gasteiger partial charge in [0.1, 0.15) is 24.7 Å². The smallest absolute Gasteiger partial charge is 0.405 e. The van der Waals surface area contributed by atoms with Crippen LogP contribution in [0.5, 0.6) is 0 Å². The van der Waals surface area contributed by atoms with E-state index in [2.05, 4.69) is 49.2 Å². The first-order chi connectivity index (χ1) is 28.5. The van der Waals surface area contributed by atoms with E-state index in [0.29, 0.717) is 18.2 Å². The minimum absolute atomic E-state index is 0.0133. The van der Waals surface area contributed by atoms with Gasteiger partial charge in [0.2, 0.25) is 11.8 Å². The summed E-state index contributed by atoms with van der Waals surface area (Å²) in [5, 5.41) is 22.0. The molecule has 2 aromatic heterocycles. The van der Waals surface area contributed by atoms with Crippen LogP contribution in [-0.4, -0.2) is 117 Å². The summed E-state index contributed by atoms with van der Waals surface area (Å²) >= 11 is 0. The number of aromatic amines is 2. The molecule has 16 heteroatoms. The number of nitrogens with one attached hydrogen (secondary N) is 4. The second-order valence-electron chi connectivity index (χ2n) is 14.6. The van der Waals surface area contributed by atoms with Crippen molar-refractivity contribution < 1.29 is 38.9 Å². The maximum Gasteiger partial charge on any atom is 0.405 e. The highest BCUT2D eigenvalue weighted by molar-refractivity contribution is 5.83. The molecule has 7 rings (SSSR count). The Hall–Kier alpha value is -5.74. The number of H-pyrrole nitrogens is 2. The second kappa shape index (κ2) is 23.6.